The number of rotatable bonds is 38. The van der Waals surface area contributed by atoms with Crippen molar-refractivity contribution in [2.75, 3.05) is 78.8 Å². The Kier molecular flexibility index (Phi) is 31.2. The average molecular weight is 1600 g/mol. The zero-order valence-electron chi connectivity index (χ0n) is 69.7. The highest BCUT2D eigenvalue weighted by Crippen LogP contribution is 2.60. The molecule has 10 fully saturated rings. The van der Waals surface area contributed by atoms with Crippen molar-refractivity contribution in [2.24, 2.45) is 53.1 Å². The van der Waals surface area contributed by atoms with Crippen molar-refractivity contribution in [1.29, 1.82) is 0 Å². The van der Waals surface area contributed by atoms with Gasteiger partial charge in [-0.05, 0) is 358 Å². The number of aromatic hydroxyl groups is 1. The molecule has 8 bridgehead atoms. The van der Waals surface area contributed by atoms with Gasteiger partial charge in [0, 0.05) is 40.8 Å². The number of phenols is 1. The number of benzene rings is 7. The van der Waals surface area contributed by atoms with E-state index < -0.39 is 5.97 Å². The second-order valence-electron chi connectivity index (χ2n) is 35.9. The van der Waals surface area contributed by atoms with Crippen LogP contribution >= 0.6 is 0 Å². The van der Waals surface area contributed by atoms with Crippen molar-refractivity contribution in [3.63, 3.8) is 0 Å². The molecule has 6 aromatic carbocycles. The molecular formula is C104H134N4O10. The first kappa shape index (κ1) is 85.7. The van der Waals surface area contributed by atoms with Crippen LogP contribution in [0.15, 0.2) is 172 Å². The predicted molar refractivity (Wildman–Crippen MR) is 479 cm³/mol. The number of ether oxygens (including phenoxy) is 4. The van der Waals surface area contributed by atoms with Crippen LogP contribution < -0.4 is 35.4 Å². The Morgan fingerprint density at radius 3 is 1.20 bits per heavy atom. The van der Waals surface area contributed by atoms with E-state index in [0.717, 1.165) is 136 Å². The average Bonchev–Trinajstić information content (AvgIpc) is 0.869. The summed E-state index contributed by atoms with van der Waals surface area (Å²) in [7, 11) is 0. The molecule has 9 aliphatic carbocycles. The molecule has 2 saturated heterocycles. The molecule has 0 radical (unpaired) electrons. The number of carbonyl (C=O) groups is 2. The second kappa shape index (κ2) is 43.0. The molecular weight excluding hydrogens is 1470 g/mol. The number of nitrogens with two attached hydrogens (primary N) is 1. The Morgan fingerprint density at radius 2 is 0.797 bits per heavy atom. The van der Waals surface area contributed by atoms with Crippen LogP contribution in [0.2, 0.25) is 0 Å². The summed E-state index contributed by atoms with van der Waals surface area (Å²) in [6.45, 7) is 12.0. The fourth-order valence-electron chi connectivity index (χ4n) is 21.8. The summed E-state index contributed by atoms with van der Waals surface area (Å²) in [4.78, 5) is 43.5. The molecule has 14 heteroatoms. The van der Waals surface area contributed by atoms with Crippen LogP contribution in [0.25, 0.3) is 44.6 Å². The van der Waals surface area contributed by atoms with Gasteiger partial charge in [0.2, 0.25) is 0 Å². The van der Waals surface area contributed by atoms with Gasteiger partial charge in [0.15, 0.2) is 5.43 Å². The lowest BCUT2D eigenvalue weighted by Crippen LogP contribution is -2.40. The largest absolute Gasteiger partial charge is 0.508 e. The van der Waals surface area contributed by atoms with E-state index in [-0.39, 0.29) is 41.4 Å². The minimum atomic E-state index is -1.20. The molecule has 0 atom stereocenters. The van der Waals surface area contributed by atoms with Gasteiger partial charge < -0.3 is 54.4 Å². The maximum absolute atomic E-state index is 13.3. The van der Waals surface area contributed by atoms with E-state index in [2.05, 4.69) is 112 Å². The van der Waals surface area contributed by atoms with Crippen molar-refractivity contribution in [2.45, 2.75) is 226 Å². The minimum Gasteiger partial charge on any atom is -0.508 e. The van der Waals surface area contributed by atoms with Gasteiger partial charge in [0.1, 0.15) is 40.1 Å². The molecule has 0 unspecified atom stereocenters. The topological polar surface area (TPSA) is 186 Å². The quantitative estimate of drug-likeness (QED) is 0.0212. The molecule has 6 aromatic rings. The monoisotopic (exact) mass is 1600 g/mol. The van der Waals surface area contributed by atoms with Crippen molar-refractivity contribution in [3.05, 3.63) is 206 Å². The number of hydrogen-bond acceptors (Lipinski definition) is 12. The van der Waals surface area contributed by atoms with Crippen molar-refractivity contribution >= 4 is 34.0 Å². The molecule has 0 aromatic heterocycles. The fraction of sp³-hybridized carbons (Fsp3) is 0.529. The van der Waals surface area contributed by atoms with Crippen molar-refractivity contribution in [3.8, 4) is 51.2 Å². The van der Waals surface area contributed by atoms with Crippen LogP contribution in [-0.4, -0.2) is 111 Å². The number of unbranched alkanes of at least 4 members (excludes halogenated alkanes) is 12. The van der Waals surface area contributed by atoms with Gasteiger partial charge >= 0.3 is 5.97 Å². The van der Waals surface area contributed by atoms with Gasteiger partial charge in [-0.2, -0.15) is 0 Å². The van der Waals surface area contributed by atoms with Crippen LogP contribution in [0, 0.1) is 47.3 Å². The number of carboxylic acid groups (broad SMARTS) is 1. The summed E-state index contributed by atoms with van der Waals surface area (Å²) in [5, 5.41) is 24.0. The number of nitrogens with one attached hydrogen (secondary N) is 1. The highest BCUT2D eigenvalue weighted by molar-refractivity contribution is 6.09. The van der Waals surface area contributed by atoms with Gasteiger partial charge in [-0.25, -0.2) is 4.79 Å². The lowest BCUT2D eigenvalue weighted by Gasteiger charge is -2.52. The molecule has 1 amide bonds. The predicted octanol–water partition coefficient (Wildman–Crippen LogP) is 23.7. The lowest BCUT2D eigenvalue weighted by molar-refractivity contribution is 0.0696. The number of amides is 1. The van der Waals surface area contributed by atoms with Crippen molar-refractivity contribution < 1.29 is 43.2 Å². The summed E-state index contributed by atoms with van der Waals surface area (Å²) in [6, 6.07) is 49.3. The summed E-state index contributed by atoms with van der Waals surface area (Å²) in [5.41, 5.74) is 18.9. The molecule has 630 valence electrons. The Labute approximate surface area is 703 Å². The molecule has 118 heavy (non-hydrogen) atoms. The lowest BCUT2D eigenvalue weighted by atomic mass is 9.53. The maximum atomic E-state index is 13.3. The van der Waals surface area contributed by atoms with E-state index in [0.29, 0.717) is 52.6 Å². The first-order valence-electron chi connectivity index (χ1n) is 45.9. The van der Waals surface area contributed by atoms with Crippen LogP contribution in [0.4, 0.5) is 0 Å². The number of hydrogen-bond donors (Lipinski definition) is 4. The summed E-state index contributed by atoms with van der Waals surface area (Å²) < 4.78 is 30.8. The maximum Gasteiger partial charge on any atom is 0.336 e. The van der Waals surface area contributed by atoms with Crippen LogP contribution in [0.3, 0.4) is 0 Å². The zero-order chi connectivity index (χ0) is 80.1. The third kappa shape index (κ3) is 22.7. The molecule has 14 nitrogen and oxygen atoms in total. The van der Waals surface area contributed by atoms with E-state index in [1.807, 2.05) is 0 Å². The molecule has 3 heterocycles. The number of carbonyl (C=O) groups excluding carboxylic acids is 1. The molecule has 12 aliphatic rings. The summed E-state index contributed by atoms with van der Waals surface area (Å²) in [5.74, 6) is 9.10. The third-order valence-electron chi connectivity index (χ3n) is 27.3. The number of phenolic OH excluding ortho intramolecular Hbond substituents is 1. The van der Waals surface area contributed by atoms with Gasteiger partial charge in [0.25, 0.3) is 5.91 Å². The Morgan fingerprint density at radius 1 is 0.415 bits per heavy atom. The summed E-state index contributed by atoms with van der Waals surface area (Å²) >= 11 is 0. The van der Waals surface area contributed by atoms with Gasteiger partial charge in [-0.1, -0.05) is 150 Å². The zero-order valence-corrected chi connectivity index (χ0v) is 69.7. The number of carboxylic acids is 1. The van der Waals surface area contributed by atoms with Gasteiger partial charge in [-0.3, -0.25) is 9.59 Å². The van der Waals surface area contributed by atoms with E-state index in [1.165, 1.54) is 270 Å². The molecule has 5 N–H and O–H groups in total. The Balaban J connectivity index is 0.000000214. The van der Waals surface area contributed by atoms with E-state index >= 15 is 0 Å². The van der Waals surface area contributed by atoms with E-state index in [1.54, 1.807) is 35.4 Å². The van der Waals surface area contributed by atoms with Gasteiger partial charge in [-0.15, -0.1) is 0 Å². The Hall–Kier alpha value is -8.69. The van der Waals surface area contributed by atoms with E-state index in [9.17, 15) is 24.6 Å². The standard InChI is InChI=1S/C62H70N2O8.C41H60N2O2.CH4/c65-48-18-25-53-56(39-48)72-57-40-49(66)19-26-54(57)60(53)52-24-17-45(38-55(52)62(68)69)61(67)63-27-7-1-5-11-31-70-50-20-13-43(14-21-50)58(59-46-34-41-33-42(36-46)37-47(59)35-41)44-15-22-51(23-16-44)71-32-12-6-4-10-30-64-28-8-2-3-9-29-64;42-21-7-1-5-11-25-44-38-17-13-34(14-18-38)40(41-36-28-32-27-33(30-36)31-37(41)29-32)35-15-19-39(20-16-35)45-26-12-6-4-10-24-43-22-8-2-3-9-23-43;/h13-26,38-42,46-47,65H,1-12,27-37H2,(H,63,67)(H,68,69);13-20,32-33,36-37H,1-12,21-31,42H2;1H4. The molecule has 3 aliphatic heterocycles. The van der Waals surface area contributed by atoms with Gasteiger partial charge in [0.05, 0.1) is 32.0 Å². The highest BCUT2D eigenvalue weighted by atomic mass is 16.5. The van der Waals surface area contributed by atoms with Crippen LogP contribution in [0.1, 0.15) is 269 Å². The molecule has 18 rings (SSSR count). The first-order valence-corrected chi connectivity index (χ1v) is 45.9. The molecule has 8 saturated carbocycles. The number of fused-ring (bicyclic) bond motifs is 2. The smallest absolute Gasteiger partial charge is 0.336 e. The third-order valence-corrected chi connectivity index (χ3v) is 27.3. The fourth-order valence-corrected chi connectivity index (χ4v) is 21.8. The minimum absolute atomic E-state index is 0. The SMILES string of the molecule is C.NCCCCCCOc1ccc(C(=C2C3CC4CC(C3)CC2C4)c2ccc(OCCCCCCN3CCCCCC3)cc2)cc1.O=C(NCCCCCCOc1ccc(C(=C2C3CC4CC(C3)CC2C4)c2ccc(OCCCCCCN3CCCCCC3)cc2)cc1)c1ccc(-c2c3ccc(=O)cc-3oc3cc(O)ccc23)c(C(=O)O)c1. The second-order valence-corrected chi connectivity index (χ2v) is 35.9. The number of aromatic carboxylic acids is 1. The highest BCUT2D eigenvalue weighted by Gasteiger charge is 2.48. The Bertz CT molecular complexity index is 4540. The molecule has 0 spiro atoms. The number of likely N-dealkylation sites (tertiary alicyclic amines) is 2. The van der Waals surface area contributed by atoms with Crippen molar-refractivity contribution in [1.82, 2.24) is 15.1 Å². The van der Waals surface area contributed by atoms with Crippen LogP contribution in [-0.2, 0) is 0 Å². The van der Waals surface area contributed by atoms with Crippen LogP contribution in [0.5, 0.6) is 28.7 Å². The first-order chi connectivity index (χ1) is 57.5. The normalized spacial score (nSPS) is 21.3. The number of allylic oxidation sites excluding steroid dienone is 2. The van der Waals surface area contributed by atoms with E-state index in [4.69, 9.17) is 29.1 Å². The summed E-state index contributed by atoms with van der Waals surface area (Å²) in [6.07, 6.45) is 43.1. The number of nitrogens with zero attached hydrogens (tertiary/aromatic N) is 2.